The summed E-state index contributed by atoms with van der Waals surface area (Å²) in [5.41, 5.74) is 2.67. The van der Waals surface area contributed by atoms with E-state index in [4.69, 9.17) is 27.9 Å². The van der Waals surface area contributed by atoms with Crippen molar-refractivity contribution in [1.82, 2.24) is 0 Å². The van der Waals surface area contributed by atoms with E-state index in [0.29, 0.717) is 21.3 Å². The van der Waals surface area contributed by atoms with E-state index in [0.717, 1.165) is 11.1 Å². The summed E-state index contributed by atoms with van der Waals surface area (Å²) in [7, 11) is 0. The molecule has 0 aromatic heterocycles. The summed E-state index contributed by atoms with van der Waals surface area (Å²) < 4.78 is 5.22. The smallest absolute Gasteiger partial charge is 0.338 e. The van der Waals surface area contributed by atoms with Crippen LogP contribution >= 0.6 is 23.2 Å². The van der Waals surface area contributed by atoms with Gasteiger partial charge in [0.2, 0.25) is 0 Å². The van der Waals surface area contributed by atoms with Gasteiger partial charge in [-0.15, -0.1) is 0 Å². The largest absolute Gasteiger partial charge is 0.449 e. The molecule has 2 rings (SSSR count). The molecule has 0 radical (unpaired) electrons. The van der Waals surface area contributed by atoms with Crippen molar-refractivity contribution >= 4 is 40.8 Å². The Morgan fingerprint density at radius 1 is 1.04 bits per heavy atom. The molecule has 0 aliphatic heterocycles. The Balaban J connectivity index is 2.05. The third kappa shape index (κ3) is 4.73. The molecule has 126 valence electrons. The lowest BCUT2D eigenvalue weighted by atomic mass is 10.1. The highest BCUT2D eigenvalue weighted by atomic mass is 35.5. The topological polar surface area (TPSA) is 55.4 Å². The van der Waals surface area contributed by atoms with Gasteiger partial charge in [0.25, 0.3) is 5.91 Å². The Hall–Kier alpha value is -2.04. The molecule has 24 heavy (non-hydrogen) atoms. The highest BCUT2D eigenvalue weighted by Gasteiger charge is 2.20. The van der Waals surface area contributed by atoms with Crippen molar-refractivity contribution in [2.24, 2.45) is 0 Å². The predicted molar refractivity (Wildman–Crippen MR) is 95.9 cm³/mol. The van der Waals surface area contributed by atoms with Gasteiger partial charge in [-0.25, -0.2) is 4.79 Å². The maximum absolute atomic E-state index is 12.2. The molecule has 0 saturated carbocycles. The first-order valence-corrected chi connectivity index (χ1v) is 8.07. The molecule has 2 aromatic rings. The number of anilines is 1. The SMILES string of the molecule is Cc1cc(C)cc(C(=O)OC(C)C(=O)Nc2cc(Cl)ccc2Cl)c1. The molecular weight excluding hydrogens is 349 g/mol. The minimum absolute atomic E-state index is 0.348. The molecule has 1 amide bonds. The maximum atomic E-state index is 12.2. The number of ether oxygens (including phenoxy) is 1. The quantitative estimate of drug-likeness (QED) is 0.792. The van der Waals surface area contributed by atoms with E-state index in [1.54, 1.807) is 24.3 Å². The lowest BCUT2D eigenvalue weighted by molar-refractivity contribution is -0.123. The van der Waals surface area contributed by atoms with Crippen molar-refractivity contribution in [3.8, 4) is 0 Å². The maximum Gasteiger partial charge on any atom is 0.338 e. The molecule has 1 unspecified atom stereocenters. The number of rotatable bonds is 4. The van der Waals surface area contributed by atoms with Crippen molar-refractivity contribution in [3.05, 3.63) is 63.1 Å². The first-order chi connectivity index (χ1) is 11.3. The Kier molecular flexibility index (Phi) is 5.86. The molecule has 0 heterocycles. The molecule has 0 bridgehead atoms. The number of carbonyl (C=O) groups is 2. The molecule has 6 heteroatoms. The van der Waals surface area contributed by atoms with Crippen LogP contribution in [0.3, 0.4) is 0 Å². The second-order valence-electron chi connectivity index (χ2n) is 5.54. The standard InChI is InChI=1S/C18H17Cl2NO3/c1-10-6-11(2)8-13(7-10)18(23)24-12(3)17(22)21-16-9-14(19)4-5-15(16)20/h4-9,12H,1-3H3,(H,21,22). The Morgan fingerprint density at radius 2 is 1.67 bits per heavy atom. The second kappa shape index (κ2) is 7.69. The van der Waals surface area contributed by atoms with Crippen molar-refractivity contribution in [3.63, 3.8) is 0 Å². The summed E-state index contributed by atoms with van der Waals surface area (Å²) in [5, 5.41) is 3.39. The van der Waals surface area contributed by atoms with Crippen LogP contribution in [0.5, 0.6) is 0 Å². The fourth-order valence-corrected chi connectivity index (χ4v) is 2.54. The van der Waals surface area contributed by atoms with E-state index in [1.165, 1.54) is 13.0 Å². The third-order valence-corrected chi connectivity index (χ3v) is 3.86. The van der Waals surface area contributed by atoms with Gasteiger partial charge >= 0.3 is 5.97 Å². The molecular formula is C18H17Cl2NO3. The van der Waals surface area contributed by atoms with E-state index < -0.39 is 18.0 Å². The highest BCUT2D eigenvalue weighted by Crippen LogP contribution is 2.25. The van der Waals surface area contributed by atoms with Crippen LogP contribution in [0.15, 0.2) is 36.4 Å². The van der Waals surface area contributed by atoms with Gasteiger partial charge in [0.15, 0.2) is 6.10 Å². The van der Waals surface area contributed by atoms with E-state index in [9.17, 15) is 9.59 Å². The molecule has 4 nitrogen and oxygen atoms in total. The first-order valence-electron chi connectivity index (χ1n) is 7.31. The van der Waals surface area contributed by atoms with Crippen molar-refractivity contribution in [1.29, 1.82) is 0 Å². The van der Waals surface area contributed by atoms with Crippen LogP contribution in [-0.4, -0.2) is 18.0 Å². The Labute approximate surface area is 150 Å². The van der Waals surface area contributed by atoms with Crippen molar-refractivity contribution in [2.75, 3.05) is 5.32 Å². The molecule has 0 fully saturated rings. The first kappa shape index (κ1) is 18.3. The van der Waals surface area contributed by atoms with Gasteiger partial charge in [-0.3, -0.25) is 4.79 Å². The average molecular weight is 366 g/mol. The van der Waals surface area contributed by atoms with E-state index in [-0.39, 0.29) is 0 Å². The summed E-state index contributed by atoms with van der Waals surface area (Å²) in [6.45, 7) is 5.27. The number of esters is 1. The van der Waals surface area contributed by atoms with Crippen LogP contribution in [0.25, 0.3) is 0 Å². The number of benzene rings is 2. The predicted octanol–water partition coefficient (Wildman–Crippen LogP) is 4.79. The second-order valence-corrected chi connectivity index (χ2v) is 6.38. The monoisotopic (exact) mass is 365 g/mol. The Morgan fingerprint density at radius 3 is 2.29 bits per heavy atom. The molecule has 2 aromatic carbocycles. The summed E-state index contributed by atoms with van der Waals surface area (Å²) in [6, 6.07) is 10.1. The fourth-order valence-electron chi connectivity index (χ4n) is 2.20. The summed E-state index contributed by atoms with van der Waals surface area (Å²) in [4.78, 5) is 24.4. The summed E-state index contributed by atoms with van der Waals surface area (Å²) in [6.07, 6.45) is -0.978. The highest BCUT2D eigenvalue weighted by molar-refractivity contribution is 6.35. The number of hydrogen-bond acceptors (Lipinski definition) is 3. The third-order valence-electron chi connectivity index (χ3n) is 3.30. The summed E-state index contributed by atoms with van der Waals surface area (Å²) >= 11 is 11.9. The number of carbonyl (C=O) groups excluding carboxylic acids is 2. The van der Waals surface area contributed by atoms with Crippen LogP contribution in [0, 0.1) is 13.8 Å². The normalized spacial score (nSPS) is 11.7. The molecule has 0 aliphatic rings. The van der Waals surface area contributed by atoms with E-state index in [2.05, 4.69) is 5.32 Å². The number of hydrogen-bond donors (Lipinski definition) is 1. The number of amides is 1. The number of aryl methyl sites for hydroxylation is 2. The van der Waals surface area contributed by atoms with Gasteiger partial charge in [-0.1, -0.05) is 40.4 Å². The molecule has 1 N–H and O–H groups in total. The Bertz CT molecular complexity index is 770. The minimum Gasteiger partial charge on any atom is -0.449 e. The van der Waals surface area contributed by atoms with Gasteiger partial charge < -0.3 is 10.1 Å². The number of halogens is 2. The molecule has 0 saturated heterocycles. The van der Waals surface area contributed by atoms with Crippen LogP contribution in [0.2, 0.25) is 10.0 Å². The van der Waals surface area contributed by atoms with Gasteiger partial charge in [0, 0.05) is 5.02 Å². The van der Waals surface area contributed by atoms with Crippen LogP contribution in [0.1, 0.15) is 28.4 Å². The number of nitrogens with one attached hydrogen (secondary N) is 1. The van der Waals surface area contributed by atoms with Gasteiger partial charge in [-0.2, -0.15) is 0 Å². The zero-order valence-corrected chi connectivity index (χ0v) is 15.0. The van der Waals surface area contributed by atoms with Gasteiger partial charge in [-0.05, 0) is 51.1 Å². The summed E-state index contributed by atoms with van der Waals surface area (Å²) in [5.74, 6) is -1.04. The molecule has 1 atom stereocenters. The van der Waals surface area contributed by atoms with E-state index >= 15 is 0 Å². The average Bonchev–Trinajstić information content (AvgIpc) is 2.49. The van der Waals surface area contributed by atoms with Crippen molar-refractivity contribution < 1.29 is 14.3 Å². The van der Waals surface area contributed by atoms with Crippen molar-refractivity contribution in [2.45, 2.75) is 26.9 Å². The zero-order chi connectivity index (χ0) is 17.9. The van der Waals surface area contributed by atoms with Crippen LogP contribution < -0.4 is 5.32 Å². The lowest BCUT2D eigenvalue weighted by Crippen LogP contribution is -2.30. The van der Waals surface area contributed by atoms with Crippen LogP contribution in [0.4, 0.5) is 5.69 Å². The zero-order valence-electron chi connectivity index (χ0n) is 13.5. The van der Waals surface area contributed by atoms with E-state index in [1.807, 2.05) is 19.9 Å². The van der Waals surface area contributed by atoms with Crippen LogP contribution in [-0.2, 0) is 9.53 Å². The van der Waals surface area contributed by atoms with Gasteiger partial charge in [0.05, 0.1) is 16.3 Å². The molecule has 0 spiro atoms. The minimum atomic E-state index is -0.978. The molecule has 0 aliphatic carbocycles. The van der Waals surface area contributed by atoms with Gasteiger partial charge in [0.1, 0.15) is 0 Å². The fraction of sp³-hybridized carbons (Fsp3) is 0.222. The lowest BCUT2D eigenvalue weighted by Gasteiger charge is -2.15.